The van der Waals surface area contributed by atoms with Crippen molar-refractivity contribution in [2.45, 2.75) is 71.4 Å². The summed E-state index contributed by atoms with van der Waals surface area (Å²) < 4.78 is 0. The largest absolute Gasteiger partial charge is 0.340 e. The van der Waals surface area contributed by atoms with Crippen LogP contribution in [-0.2, 0) is 0 Å². The number of nitrogens with zero attached hydrogens (tertiary/aromatic N) is 2. The minimum atomic E-state index is 0.0736. The number of hydrogen-bond donors (Lipinski definition) is 1. The fourth-order valence-electron chi connectivity index (χ4n) is 2.45. The number of hydrogen-bond acceptors (Lipinski definition) is 3. The van der Waals surface area contributed by atoms with Gasteiger partial charge in [0.05, 0.1) is 12.7 Å². The maximum Gasteiger partial charge on any atom is 0.124 e. The van der Waals surface area contributed by atoms with Gasteiger partial charge in [-0.15, -0.1) is 0 Å². The lowest BCUT2D eigenvalue weighted by molar-refractivity contribution is 0.367. The Kier molecular flexibility index (Phi) is 8.55. The van der Waals surface area contributed by atoms with Crippen LogP contribution in [0.2, 0.25) is 0 Å². The first-order valence-electron chi connectivity index (χ1n) is 7.99. The van der Waals surface area contributed by atoms with Crippen LogP contribution >= 0.6 is 0 Å². The van der Waals surface area contributed by atoms with E-state index in [-0.39, 0.29) is 6.17 Å². The topological polar surface area (TPSA) is 41.6 Å². The molecule has 0 amide bonds. The van der Waals surface area contributed by atoms with Crippen LogP contribution in [0.4, 0.5) is 0 Å². The van der Waals surface area contributed by atoms with E-state index < -0.39 is 0 Å². The summed E-state index contributed by atoms with van der Waals surface area (Å²) in [5, 5.41) is 0. The lowest BCUT2D eigenvalue weighted by Crippen LogP contribution is -2.41. The Morgan fingerprint density at radius 3 is 2.58 bits per heavy atom. The van der Waals surface area contributed by atoms with Gasteiger partial charge in [-0.25, -0.2) is 0 Å². The van der Waals surface area contributed by atoms with E-state index in [1.165, 1.54) is 51.4 Å². The fraction of sp³-hybridized carbons (Fsp3) is 0.812. The van der Waals surface area contributed by atoms with Crippen LogP contribution < -0.4 is 5.73 Å². The van der Waals surface area contributed by atoms with Crippen molar-refractivity contribution in [1.29, 1.82) is 0 Å². The number of unbranched alkanes of at least 4 members (excludes halogenated alkanes) is 7. The van der Waals surface area contributed by atoms with Crippen LogP contribution in [0.15, 0.2) is 17.1 Å². The second-order valence-corrected chi connectivity index (χ2v) is 5.49. The molecule has 0 aromatic rings. The summed E-state index contributed by atoms with van der Waals surface area (Å²) in [6, 6.07) is 0. The summed E-state index contributed by atoms with van der Waals surface area (Å²) >= 11 is 0. The van der Waals surface area contributed by atoms with Gasteiger partial charge in [-0.3, -0.25) is 4.99 Å². The number of nitrogens with two attached hydrogens (primary N) is 1. The van der Waals surface area contributed by atoms with Crippen LogP contribution in [0.1, 0.15) is 65.2 Å². The molecule has 3 nitrogen and oxygen atoms in total. The first-order chi connectivity index (χ1) is 9.25. The minimum Gasteiger partial charge on any atom is -0.340 e. The van der Waals surface area contributed by atoms with E-state index >= 15 is 0 Å². The van der Waals surface area contributed by atoms with Gasteiger partial charge in [0.15, 0.2) is 0 Å². The maximum absolute atomic E-state index is 5.91. The zero-order chi connectivity index (χ0) is 13.9. The van der Waals surface area contributed by atoms with Crippen LogP contribution in [0.3, 0.4) is 0 Å². The molecule has 0 aromatic carbocycles. The average molecular weight is 265 g/mol. The van der Waals surface area contributed by atoms with Crippen molar-refractivity contribution in [2.24, 2.45) is 10.7 Å². The molecular weight excluding hydrogens is 234 g/mol. The van der Waals surface area contributed by atoms with Gasteiger partial charge < -0.3 is 10.6 Å². The van der Waals surface area contributed by atoms with Crippen molar-refractivity contribution < 1.29 is 0 Å². The average Bonchev–Trinajstić information content (AvgIpc) is 2.85. The zero-order valence-electron chi connectivity index (χ0n) is 12.8. The summed E-state index contributed by atoms with van der Waals surface area (Å²) in [5.74, 6) is 1.07. The van der Waals surface area contributed by atoms with Crippen LogP contribution in [0, 0.1) is 0 Å². The quantitative estimate of drug-likeness (QED) is 0.612. The Morgan fingerprint density at radius 1 is 1.21 bits per heavy atom. The SMILES string of the molecule is CCCCCCCCC/C=C/C1=NCCN1C(C)N. The third-order valence-corrected chi connectivity index (χ3v) is 3.64. The predicted octanol–water partition coefficient (Wildman–Crippen LogP) is 3.70. The third-order valence-electron chi connectivity index (χ3n) is 3.64. The van der Waals surface area contributed by atoms with Crippen molar-refractivity contribution in [3.63, 3.8) is 0 Å². The van der Waals surface area contributed by atoms with Gasteiger partial charge in [0.1, 0.15) is 5.84 Å². The van der Waals surface area contributed by atoms with Crippen LogP contribution in [-0.4, -0.2) is 30.0 Å². The molecule has 0 saturated heterocycles. The van der Waals surface area contributed by atoms with Gasteiger partial charge in [0, 0.05) is 6.54 Å². The van der Waals surface area contributed by atoms with E-state index in [1.807, 2.05) is 6.92 Å². The number of rotatable bonds is 10. The molecule has 1 rings (SSSR count). The highest BCUT2D eigenvalue weighted by Gasteiger charge is 2.16. The lowest BCUT2D eigenvalue weighted by Gasteiger charge is -2.22. The van der Waals surface area contributed by atoms with Gasteiger partial charge in [-0.2, -0.15) is 0 Å². The van der Waals surface area contributed by atoms with Crippen molar-refractivity contribution in [2.75, 3.05) is 13.1 Å². The molecule has 0 bridgehead atoms. The fourth-order valence-corrected chi connectivity index (χ4v) is 2.45. The molecule has 1 aliphatic heterocycles. The molecule has 3 heteroatoms. The second kappa shape index (κ2) is 10.0. The molecule has 0 fully saturated rings. The third kappa shape index (κ3) is 6.76. The summed E-state index contributed by atoms with van der Waals surface area (Å²) in [7, 11) is 0. The van der Waals surface area contributed by atoms with Gasteiger partial charge in [0.25, 0.3) is 0 Å². The summed E-state index contributed by atoms with van der Waals surface area (Å²) in [6.45, 7) is 6.14. The Labute approximate surface area is 119 Å². The molecule has 0 saturated carbocycles. The Bertz CT molecular complexity index is 282. The first kappa shape index (κ1) is 16.2. The Morgan fingerprint density at radius 2 is 1.89 bits per heavy atom. The number of allylic oxidation sites excluding steroid dienone is 1. The van der Waals surface area contributed by atoms with E-state index in [0.717, 1.165) is 18.9 Å². The molecule has 1 atom stereocenters. The van der Waals surface area contributed by atoms with Gasteiger partial charge >= 0.3 is 0 Å². The lowest BCUT2D eigenvalue weighted by atomic mass is 10.1. The second-order valence-electron chi connectivity index (χ2n) is 5.49. The summed E-state index contributed by atoms with van der Waals surface area (Å²) in [6.07, 6.45) is 15.2. The molecule has 110 valence electrons. The summed E-state index contributed by atoms with van der Waals surface area (Å²) in [4.78, 5) is 6.65. The molecule has 1 heterocycles. The van der Waals surface area contributed by atoms with E-state index in [1.54, 1.807) is 0 Å². The van der Waals surface area contributed by atoms with Crippen molar-refractivity contribution in [1.82, 2.24) is 4.90 Å². The van der Waals surface area contributed by atoms with Gasteiger partial charge in [-0.05, 0) is 25.8 Å². The van der Waals surface area contributed by atoms with E-state index in [4.69, 9.17) is 5.73 Å². The minimum absolute atomic E-state index is 0.0736. The Hall–Kier alpha value is -0.830. The van der Waals surface area contributed by atoms with E-state index in [2.05, 4.69) is 29.0 Å². The van der Waals surface area contributed by atoms with Crippen LogP contribution in [0.5, 0.6) is 0 Å². The van der Waals surface area contributed by atoms with Gasteiger partial charge in [-0.1, -0.05) is 51.5 Å². The van der Waals surface area contributed by atoms with Crippen LogP contribution in [0.25, 0.3) is 0 Å². The molecule has 19 heavy (non-hydrogen) atoms. The standard InChI is InChI=1S/C16H31N3/c1-3-4-5-6-7-8-9-10-11-12-16-18-13-14-19(16)15(2)17/h11-12,15H,3-10,13-14,17H2,1-2H3/b12-11+. The number of aliphatic imine (C=N–C) groups is 1. The first-order valence-corrected chi connectivity index (χ1v) is 7.99. The molecule has 0 aliphatic carbocycles. The van der Waals surface area contributed by atoms with Crippen molar-refractivity contribution in [3.05, 3.63) is 12.2 Å². The molecule has 0 radical (unpaired) electrons. The highest BCUT2D eigenvalue weighted by Crippen LogP contribution is 2.10. The normalized spacial score (nSPS) is 17.2. The van der Waals surface area contributed by atoms with E-state index in [0.29, 0.717) is 0 Å². The molecule has 2 N–H and O–H groups in total. The number of amidine groups is 1. The molecule has 0 aromatic heterocycles. The molecule has 1 aliphatic rings. The Balaban J connectivity index is 2.04. The van der Waals surface area contributed by atoms with Crippen molar-refractivity contribution >= 4 is 5.84 Å². The summed E-state index contributed by atoms with van der Waals surface area (Å²) in [5.41, 5.74) is 5.91. The predicted molar refractivity (Wildman–Crippen MR) is 84.4 cm³/mol. The highest BCUT2D eigenvalue weighted by atomic mass is 15.3. The van der Waals surface area contributed by atoms with E-state index in [9.17, 15) is 0 Å². The van der Waals surface area contributed by atoms with Crippen molar-refractivity contribution in [3.8, 4) is 0 Å². The monoisotopic (exact) mass is 265 g/mol. The molecule has 0 spiro atoms. The molecule has 1 unspecified atom stereocenters. The maximum atomic E-state index is 5.91. The molecular formula is C16H31N3. The van der Waals surface area contributed by atoms with Gasteiger partial charge in [0.2, 0.25) is 0 Å². The zero-order valence-corrected chi connectivity index (χ0v) is 12.8. The highest BCUT2D eigenvalue weighted by molar-refractivity contribution is 5.94. The smallest absolute Gasteiger partial charge is 0.124 e.